The third kappa shape index (κ3) is 8.34. The van der Waals surface area contributed by atoms with E-state index in [1.807, 2.05) is 13.8 Å². The second-order valence-corrected chi connectivity index (χ2v) is 4.68. The molecule has 3 N–H and O–H groups in total. The molecule has 0 radical (unpaired) electrons. The van der Waals surface area contributed by atoms with Crippen LogP contribution in [0.25, 0.3) is 0 Å². The van der Waals surface area contributed by atoms with Gasteiger partial charge in [0.2, 0.25) is 11.8 Å². The summed E-state index contributed by atoms with van der Waals surface area (Å²) in [6, 6.07) is -0.546. The molecule has 0 aliphatic heterocycles. The Bertz CT molecular complexity index is 250. The number of thiol groups is 2. The molecule has 0 aromatic rings. The smallest absolute Gasteiger partial charge is 0.243 e. The van der Waals surface area contributed by atoms with Gasteiger partial charge in [0.05, 0.1) is 6.54 Å². The maximum Gasteiger partial charge on any atom is 0.243 e. The second-order valence-electron chi connectivity index (χ2n) is 3.87. The van der Waals surface area contributed by atoms with Crippen molar-refractivity contribution in [2.75, 3.05) is 24.6 Å². The molecule has 0 rings (SSSR count). The Kier molecular flexibility index (Phi) is 9.39. The Labute approximate surface area is 113 Å². The van der Waals surface area contributed by atoms with Crippen LogP contribution in [0.3, 0.4) is 0 Å². The highest BCUT2D eigenvalue weighted by Gasteiger charge is 2.19. The van der Waals surface area contributed by atoms with E-state index >= 15 is 0 Å². The van der Waals surface area contributed by atoms with E-state index in [-0.39, 0.29) is 30.2 Å². The van der Waals surface area contributed by atoms with E-state index in [4.69, 9.17) is 0 Å². The van der Waals surface area contributed by atoms with Crippen LogP contribution in [0.4, 0.5) is 0 Å². The van der Waals surface area contributed by atoms with Crippen LogP contribution < -0.4 is 16.0 Å². The highest BCUT2D eigenvalue weighted by molar-refractivity contribution is 7.80. The molecule has 0 aromatic heterocycles. The minimum atomic E-state index is -0.592. The number of amides is 2. The summed E-state index contributed by atoms with van der Waals surface area (Å²) in [5.74, 6) is 0.510. The molecule has 1 unspecified atom stereocenters. The average molecular weight is 279 g/mol. The van der Waals surface area contributed by atoms with E-state index in [9.17, 15) is 9.59 Å². The van der Waals surface area contributed by atoms with Gasteiger partial charge in [-0.1, -0.05) is 0 Å². The molecule has 0 saturated carbocycles. The summed E-state index contributed by atoms with van der Waals surface area (Å²) in [6.07, 6.45) is 0. The van der Waals surface area contributed by atoms with Crippen molar-refractivity contribution in [3.8, 4) is 0 Å². The van der Waals surface area contributed by atoms with Crippen LogP contribution in [0.5, 0.6) is 0 Å². The van der Waals surface area contributed by atoms with Crippen LogP contribution in [-0.2, 0) is 9.59 Å². The monoisotopic (exact) mass is 279 g/mol. The van der Waals surface area contributed by atoms with Crippen LogP contribution in [-0.4, -0.2) is 48.5 Å². The third-order valence-corrected chi connectivity index (χ3v) is 2.43. The zero-order valence-electron chi connectivity index (χ0n) is 10.2. The van der Waals surface area contributed by atoms with Crippen LogP contribution in [0, 0.1) is 0 Å². The fraction of sp³-hybridized carbons (Fsp3) is 0.800. The van der Waals surface area contributed by atoms with Crippen LogP contribution >= 0.6 is 25.3 Å². The first kappa shape index (κ1) is 16.6. The maximum atomic E-state index is 11.6. The van der Waals surface area contributed by atoms with Crippen molar-refractivity contribution < 1.29 is 9.59 Å². The summed E-state index contributed by atoms with van der Waals surface area (Å²) in [4.78, 5) is 23.1. The van der Waals surface area contributed by atoms with Gasteiger partial charge in [-0.25, -0.2) is 0 Å². The lowest BCUT2D eigenvalue weighted by Gasteiger charge is -2.18. The fourth-order valence-corrected chi connectivity index (χ4v) is 1.52. The molecule has 0 aliphatic carbocycles. The third-order valence-electron chi connectivity index (χ3n) is 1.84. The van der Waals surface area contributed by atoms with Crippen molar-refractivity contribution in [2.45, 2.75) is 25.9 Å². The van der Waals surface area contributed by atoms with Crippen molar-refractivity contribution in [1.82, 2.24) is 16.0 Å². The number of carbonyl (C=O) groups excluding carboxylic acids is 2. The Hall–Kier alpha value is -0.400. The van der Waals surface area contributed by atoms with Gasteiger partial charge < -0.3 is 16.0 Å². The summed E-state index contributed by atoms with van der Waals surface area (Å²) in [6.45, 7) is 4.56. The van der Waals surface area contributed by atoms with E-state index in [2.05, 4.69) is 41.2 Å². The summed E-state index contributed by atoms with van der Waals surface area (Å²) >= 11 is 8.06. The SMILES string of the molecule is CC(C)NC(=O)C(CS)NC(=O)CNCCS. The number of hydrogen-bond acceptors (Lipinski definition) is 5. The first-order chi connectivity index (χ1) is 8.01. The van der Waals surface area contributed by atoms with Gasteiger partial charge in [0.15, 0.2) is 0 Å². The molecule has 100 valence electrons. The van der Waals surface area contributed by atoms with Crippen LogP contribution in [0.1, 0.15) is 13.8 Å². The molecule has 2 amide bonds. The van der Waals surface area contributed by atoms with E-state index in [1.54, 1.807) is 0 Å². The van der Waals surface area contributed by atoms with Gasteiger partial charge in [0.25, 0.3) is 0 Å². The largest absolute Gasteiger partial charge is 0.352 e. The molecule has 0 spiro atoms. The predicted molar refractivity (Wildman–Crippen MR) is 75.8 cm³/mol. The van der Waals surface area contributed by atoms with Gasteiger partial charge in [-0.3, -0.25) is 9.59 Å². The quantitative estimate of drug-likeness (QED) is 0.306. The Balaban J connectivity index is 4.02. The van der Waals surface area contributed by atoms with E-state index < -0.39 is 6.04 Å². The normalized spacial score (nSPS) is 12.3. The minimum absolute atomic E-state index is 0.0455. The molecule has 0 saturated heterocycles. The fourth-order valence-electron chi connectivity index (χ4n) is 1.11. The Morgan fingerprint density at radius 1 is 1.18 bits per heavy atom. The number of nitrogens with one attached hydrogen (secondary N) is 3. The van der Waals surface area contributed by atoms with Crippen molar-refractivity contribution in [3.63, 3.8) is 0 Å². The zero-order valence-corrected chi connectivity index (χ0v) is 12.0. The number of carbonyl (C=O) groups is 2. The summed E-state index contributed by atoms with van der Waals surface area (Å²) in [5.41, 5.74) is 0. The standard InChI is InChI=1S/C10H21N3O2S2/c1-7(2)12-10(15)8(6-17)13-9(14)5-11-3-4-16/h7-8,11,16-17H,3-6H2,1-2H3,(H,12,15)(H,13,14). The van der Waals surface area contributed by atoms with Gasteiger partial charge in [-0.2, -0.15) is 25.3 Å². The van der Waals surface area contributed by atoms with E-state index in [1.165, 1.54) is 0 Å². The lowest BCUT2D eigenvalue weighted by atomic mass is 10.2. The summed E-state index contributed by atoms with van der Waals surface area (Å²) < 4.78 is 0. The molecular weight excluding hydrogens is 258 g/mol. The zero-order chi connectivity index (χ0) is 13.3. The molecule has 5 nitrogen and oxygen atoms in total. The molecule has 7 heteroatoms. The summed E-state index contributed by atoms with van der Waals surface area (Å²) in [7, 11) is 0. The summed E-state index contributed by atoms with van der Waals surface area (Å²) in [5, 5.41) is 8.25. The molecule has 0 aliphatic rings. The minimum Gasteiger partial charge on any atom is -0.352 e. The molecular formula is C10H21N3O2S2. The first-order valence-electron chi connectivity index (χ1n) is 5.53. The topological polar surface area (TPSA) is 70.2 Å². The molecule has 0 aromatic carbocycles. The van der Waals surface area contributed by atoms with Gasteiger partial charge in [0, 0.05) is 24.1 Å². The molecule has 1 atom stereocenters. The van der Waals surface area contributed by atoms with Crippen molar-refractivity contribution in [1.29, 1.82) is 0 Å². The van der Waals surface area contributed by atoms with E-state index in [0.717, 1.165) is 0 Å². The lowest BCUT2D eigenvalue weighted by molar-refractivity contribution is -0.128. The highest BCUT2D eigenvalue weighted by atomic mass is 32.1. The van der Waals surface area contributed by atoms with Gasteiger partial charge in [0.1, 0.15) is 6.04 Å². The van der Waals surface area contributed by atoms with Crippen LogP contribution in [0.15, 0.2) is 0 Å². The van der Waals surface area contributed by atoms with E-state index in [0.29, 0.717) is 12.3 Å². The average Bonchev–Trinajstić information content (AvgIpc) is 2.25. The lowest BCUT2D eigenvalue weighted by Crippen LogP contribution is -2.51. The highest BCUT2D eigenvalue weighted by Crippen LogP contribution is 1.90. The van der Waals surface area contributed by atoms with Crippen molar-refractivity contribution in [2.24, 2.45) is 0 Å². The van der Waals surface area contributed by atoms with Gasteiger partial charge >= 0.3 is 0 Å². The first-order valence-corrected chi connectivity index (χ1v) is 6.80. The molecule has 0 bridgehead atoms. The van der Waals surface area contributed by atoms with Gasteiger partial charge in [-0.05, 0) is 13.8 Å². The van der Waals surface area contributed by atoms with Crippen molar-refractivity contribution >= 4 is 37.1 Å². The Morgan fingerprint density at radius 3 is 2.29 bits per heavy atom. The predicted octanol–water partition coefficient (Wildman–Crippen LogP) is -0.555. The molecule has 0 heterocycles. The maximum absolute atomic E-state index is 11.6. The van der Waals surface area contributed by atoms with Gasteiger partial charge in [-0.15, -0.1) is 0 Å². The molecule has 17 heavy (non-hydrogen) atoms. The molecule has 0 fully saturated rings. The van der Waals surface area contributed by atoms with Crippen molar-refractivity contribution in [3.05, 3.63) is 0 Å². The van der Waals surface area contributed by atoms with Crippen LogP contribution in [0.2, 0.25) is 0 Å². The number of hydrogen-bond donors (Lipinski definition) is 5. The number of rotatable bonds is 8. The second kappa shape index (κ2) is 9.61. The Morgan fingerprint density at radius 2 is 1.82 bits per heavy atom.